The van der Waals surface area contributed by atoms with Crippen LogP contribution in [-0.2, 0) is 6.54 Å². The number of hydrogen-bond donors (Lipinski definition) is 1. The zero-order chi connectivity index (χ0) is 10.9. The largest absolute Gasteiger partial charge is 0.481 e. The van der Waals surface area contributed by atoms with Gasteiger partial charge in [-0.3, -0.25) is 0 Å². The fraction of sp³-hybridized carbons (Fsp3) is 0.417. The van der Waals surface area contributed by atoms with E-state index in [1.54, 1.807) is 7.11 Å². The zero-order valence-electron chi connectivity index (χ0n) is 8.99. The van der Waals surface area contributed by atoms with E-state index in [9.17, 15) is 0 Å². The van der Waals surface area contributed by atoms with Crippen molar-refractivity contribution in [2.75, 3.05) is 13.7 Å². The molecule has 3 heteroatoms. The molecule has 80 valence electrons. The highest BCUT2D eigenvalue weighted by molar-refractivity contribution is 5.17. The molecule has 1 N–H and O–H groups in total. The molecule has 1 aromatic rings. The Morgan fingerprint density at radius 3 is 3.00 bits per heavy atom. The van der Waals surface area contributed by atoms with Crippen LogP contribution in [0, 0.1) is 12.3 Å². The number of pyridine rings is 1. The van der Waals surface area contributed by atoms with Crippen LogP contribution in [-0.4, -0.2) is 18.6 Å². The van der Waals surface area contributed by atoms with Crippen molar-refractivity contribution in [1.29, 1.82) is 0 Å². The first-order valence-electron chi connectivity index (χ1n) is 5.00. The van der Waals surface area contributed by atoms with Crippen LogP contribution in [0.25, 0.3) is 0 Å². The first-order chi connectivity index (χ1) is 7.36. The SMILES string of the molecule is C#CCCCNCc1ccc(OC)nc1. The number of unbranched alkanes of at least 4 members (excludes halogenated alkanes) is 1. The molecule has 3 nitrogen and oxygen atoms in total. The molecular weight excluding hydrogens is 188 g/mol. The van der Waals surface area contributed by atoms with Crippen molar-refractivity contribution in [3.63, 3.8) is 0 Å². The first kappa shape index (κ1) is 11.5. The monoisotopic (exact) mass is 204 g/mol. The second-order valence-corrected chi connectivity index (χ2v) is 3.19. The second-order valence-electron chi connectivity index (χ2n) is 3.19. The van der Waals surface area contributed by atoms with Gasteiger partial charge in [-0.1, -0.05) is 6.07 Å². The number of aromatic nitrogens is 1. The van der Waals surface area contributed by atoms with Crippen molar-refractivity contribution in [3.8, 4) is 18.2 Å². The van der Waals surface area contributed by atoms with Gasteiger partial charge in [0.15, 0.2) is 0 Å². The predicted octanol–water partition coefficient (Wildman–Crippen LogP) is 1.59. The summed E-state index contributed by atoms with van der Waals surface area (Å²) in [5.74, 6) is 3.26. The summed E-state index contributed by atoms with van der Waals surface area (Å²) in [7, 11) is 1.61. The van der Waals surface area contributed by atoms with Crippen LogP contribution in [0.15, 0.2) is 18.3 Å². The van der Waals surface area contributed by atoms with E-state index in [1.807, 2.05) is 18.3 Å². The van der Waals surface area contributed by atoms with Crippen LogP contribution in [0.4, 0.5) is 0 Å². The van der Waals surface area contributed by atoms with Gasteiger partial charge in [-0.25, -0.2) is 4.98 Å². The average molecular weight is 204 g/mol. The number of nitrogens with zero attached hydrogens (tertiary/aromatic N) is 1. The topological polar surface area (TPSA) is 34.1 Å². The lowest BCUT2D eigenvalue weighted by molar-refractivity contribution is 0.397. The molecule has 0 amide bonds. The fourth-order valence-electron chi connectivity index (χ4n) is 1.18. The summed E-state index contributed by atoms with van der Waals surface area (Å²) in [4.78, 5) is 4.12. The highest BCUT2D eigenvalue weighted by atomic mass is 16.5. The Morgan fingerprint density at radius 2 is 2.40 bits per heavy atom. The quantitative estimate of drug-likeness (QED) is 0.564. The lowest BCUT2D eigenvalue weighted by Crippen LogP contribution is -2.14. The zero-order valence-corrected chi connectivity index (χ0v) is 8.99. The average Bonchev–Trinajstić information content (AvgIpc) is 2.30. The number of methoxy groups -OCH3 is 1. The van der Waals surface area contributed by atoms with Gasteiger partial charge in [0.25, 0.3) is 0 Å². The van der Waals surface area contributed by atoms with Crippen molar-refractivity contribution in [2.45, 2.75) is 19.4 Å². The lowest BCUT2D eigenvalue weighted by atomic mass is 10.2. The van der Waals surface area contributed by atoms with E-state index in [2.05, 4.69) is 16.2 Å². The molecule has 0 fully saturated rings. The predicted molar refractivity (Wildman–Crippen MR) is 60.6 cm³/mol. The third-order valence-corrected chi connectivity index (χ3v) is 2.01. The standard InChI is InChI=1S/C12H16N2O/c1-3-4-5-8-13-9-11-6-7-12(15-2)14-10-11/h1,6-7,10,13H,4-5,8-9H2,2H3. The maximum Gasteiger partial charge on any atom is 0.212 e. The van der Waals surface area contributed by atoms with Gasteiger partial charge in [0, 0.05) is 25.2 Å². The van der Waals surface area contributed by atoms with Crippen molar-refractivity contribution in [1.82, 2.24) is 10.3 Å². The molecule has 0 atom stereocenters. The van der Waals surface area contributed by atoms with Gasteiger partial charge in [-0.2, -0.15) is 0 Å². The minimum absolute atomic E-state index is 0.645. The van der Waals surface area contributed by atoms with E-state index < -0.39 is 0 Å². The number of ether oxygens (including phenoxy) is 1. The molecule has 0 aromatic carbocycles. The van der Waals surface area contributed by atoms with Gasteiger partial charge < -0.3 is 10.1 Å². The number of rotatable bonds is 6. The van der Waals surface area contributed by atoms with E-state index in [0.29, 0.717) is 5.88 Å². The van der Waals surface area contributed by atoms with Gasteiger partial charge in [0.1, 0.15) is 0 Å². The summed E-state index contributed by atoms with van der Waals surface area (Å²) in [5.41, 5.74) is 1.15. The summed E-state index contributed by atoms with van der Waals surface area (Å²) in [6.07, 6.45) is 8.81. The second kappa shape index (κ2) is 6.86. The van der Waals surface area contributed by atoms with Crippen molar-refractivity contribution in [3.05, 3.63) is 23.9 Å². The minimum atomic E-state index is 0.645. The number of hydrogen-bond acceptors (Lipinski definition) is 3. The summed E-state index contributed by atoms with van der Waals surface area (Å²) in [6, 6.07) is 3.86. The molecule has 0 unspecified atom stereocenters. The van der Waals surface area contributed by atoms with Crippen molar-refractivity contribution < 1.29 is 4.74 Å². The molecule has 0 spiro atoms. The molecule has 0 saturated heterocycles. The van der Waals surface area contributed by atoms with Crippen LogP contribution >= 0.6 is 0 Å². The Hall–Kier alpha value is -1.53. The van der Waals surface area contributed by atoms with E-state index in [4.69, 9.17) is 11.2 Å². The number of nitrogens with one attached hydrogen (secondary N) is 1. The highest BCUT2D eigenvalue weighted by Gasteiger charge is 1.94. The van der Waals surface area contributed by atoms with Gasteiger partial charge >= 0.3 is 0 Å². The summed E-state index contributed by atoms with van der Waals surface area (Å²) in [5, 5.41) is 3.30. The van der Waals surface area contributed by atoms with E-state index in [0.717, 1.165) is 31.5 Å². The van der Waals surface area contributed by atoms with Gasteiger partial charge in [0.2, 0.25) is 5.88 Å². The van der Waals surface area contributed by atoms with Crippen LogP contribution in [0.5, 0.6) is 5.88 Å². The molecule has 0 bridgehead atoms. The van der Waals surface area contributed by atoms with Crippen molar-refractivity contribution >= 4 is 0 Å². The molecule has 0 aliphatic rings. The Morgan fingerprint density at radius 1 is 1.53 bits per heavy atom. The molecule has 15 heavy (non-hydrogen) atoms. The number of terminal acetylenes is 1. The van der Waals surface area contributed by atoms with Crippen LogP contribution < -0.4 is 10.1 Å². The maximum absolute atomic E-state index is 5.15. The Kier molecular flexibility index (Phi) is 5.28. The normalized spacial score (nSPS) is 9.60. The van der Waals surface area contributed by atoms with Gasteiger partial charge in [-0.15, -0.1) is 12.3 Å². The van der Waals surface area contributed by atoms with E-state index in [-0.39, 0.29) is 0 Å². The molecule has 0 radical (unpaired) electrons. The van der Waals surface area contributed by atoms with Crippen LogP contribution in [0.1, 0.15) is 18.4 Å². The van der Waals surface area contributed by atoms with Crippen LogP contribution in [0.3, 0.4) is 0 Å². The maximum atomic E-state index is 5.15. The summed E-state index contributed by atoms with van der Waals surface area (Å²) < 4.78 is 4.97. The molecular formula is C12H16N2O. The van der Waals surface area contributed by atoms with Crippen molar-refractivity contribution in [2.24, 2.45) is 0 Å². The minimum Gasteiger partial charge on any atom is -0.481 e. The highest BCUT2D eigenvalue weighted by Crippen LogP contribution is 2.05. The Balaban J connectivity index is 2.23. The fourth-order valence-corrected chi connectivity index (χ4v) is 1.18. The molecule has 1 rings (SSSR count). The smallest absolute Gasteiger partial charge is 0.212 e. The molecule has 1 heterocycles. The molecule has 1 aromatic heterocycles. The Labute approximate surface area is 90.9 Å². The third kappa shape index (κ3) is 4.48. The Bertz CT molecular complexity index is 313. The molecule has 0 aliphatic heterocycles. The molecule has 0 aliphatic carbocycles. The van der Waals surface area contributed by atoms with E-state index in [1.165, 1.54) is 0 Å². The first-order valence-corrected chi connectivity index (χ1v) is 5.00. The molecule has 0 saturated carbocycles. The van der Waals surface area contributed by atoms with Crippen LogP contribution in [0.2, 0.25) is 0 Å². The van der Waals surface area contributed by atoms with Gasteiger partial charge in [0.05, 0.1) is 7.11 Å². The van der Waals surface area contributed by atoms with Gasteiger partial charge in [-0.05, 0) is 18.5 Å². The third-order valence-electron chi connectivity index (χ3n) is 2.01. The van der Waals surface area contributed by atoms with E-state index >= 15 is 0 Å². The lowest BCUT2D eigenvalue weighted by Gasteiger charge is -2.04. The summed E-state index contributed by atoms with van der Waals surface area (Å²) in [6.45, 7) is 1.76. The summed E-state index contributed by atoms with van der Waals surface area (Å²) >= 11 is 0.